The SMILES string of the molecule is CC(C)c1cc(C(C)C)c(C(=O)OC/C=C/COC(=O)c2c(C(C)C)cc(C(C)C)cc2C(C)C)c(C(C)C)c1. The lowest BCUT2D eigenvalue weighted by Crippen LogP contribution is -2.15. The van der Waals surface area contributed by atoms with Crippen LogP contribution in [0.3, 0.4) is 0 Å². The summed E-state index contributed by atoms with van der Waals surface area (Å²) in [6, 6.07) is 8.60. The quantitative estimate of drug-likeness (QED) is 0.196. The van der Waals surface area contributed by atoms with E-state index in [1.54, 1.807) is 12.2 Å². The Labute approximate surface area is 243 Å². The number of ether oxygens (including phenoxy) is 2. The Morgan fingerprint density at radius 3 is 0.950 bits per heavy atom. The van der Waals surface area contributed by atoms with Gasteiger partial charge in [-0.3, -0.25) is 0 Å². The molecule has 0 aliphatic carbocycles. The van der Waals surface area contributed by atoms with Gasteiger partial charge in [-0.1, -0.05) is 107 Å². The van der Waals surface area contributed by atoms with Crippen molar-refractivity contribution in [1.29, 1.82) is 0 Å². The van der Waals surface area contributed by atoms with Gasteiger partial charge < -0.3 is 9.47 Å². The molecule has 0 atom stereocenters. The zero-order valence-electron chi connectivity index (χ0n) is 27.0. The maximum Gasteiger partial charge on any atom is 0.339 e. The molecule has 0 aliphatic rings. The molecule has 0 aliphatic heterocycles. The van der Waals surface area contributed by atoms with Crippen LogP contribution in [0.4, 0.5) is 0 Å². The summed E-state index contributed by atoms with van der Waals surface area (Å²) in [6.45, 7) is 25.8. The van der Waals surface area contributed by atoms with Crippen LogP contribution in [0.5, 0.6) is 0 Å². The first-order chi connectivity index (χ1) is 18.7. The summed E-state index contributed by atoms with van der Waals surface area (Å²) in [5.74, 6) is 0.962. The topological polar surface area (TPSA) is 52.6 Å². The van der Waals surface area contributed by atoms with E-state index in [9.17, 15) is 9.59 Å². The summed E-state index contributed by atoms with van der Waals surface area (Å²) < 4.78 is 11.3. The van der Waals surface area contributed by atoms with Crippen LogP contribution < -0.4 is 0 Å². The predicted octanol–water partition coefficient (Wildman–Crippen LogP) is 10.00. The van der Waals surface area contributed by atoms with Gasteiger partial charge >= 0.3 is 11.9 Å². The highest BCUT2D eigenvalue weighted by molar-refractivity contribution is 5.94. The zero-order valence-corrected chi connectivity index (χ0v) is 27.0. The molecule has 4 heteroatoms. The van der Waals surface area contributed by atoms with Crippen molar-refractivity contribution in [3.63, 3.8) is 0 Å². The largest absolute Gasteiger partial charge is 0.458 e. The fourth-order valence-electron chi connectivity index (χ4n) is 4.91. The van der Waals surface area contributed by atoms with Crippen LogP contribution in [0.15, 0.2) is 36.4 Å². The molecule has 0 unspecified atom stereocenters. The molecule has 0 heterocycles. The van der Waals surface area contributed by atoms with Gasteiger partial charge in [0.05, 0.1) is 11.1 Å². The Balaban J connectivity index is 2.15. The highest BCUT2D eigenvalue weighted by Crippen LogP contribution is 2.34. The van der Waals surface area contributed by atoms with Crippen molar-refractivity contribution in [3.8, 4) is 0 Å². The molecule has 0 N–H and O–H groups in total. The first-order valence-corrected chi connectivity index (χ1v) is 15.0. The average Bonchev–Trinajstić information content (AvgIpc) is 2.88. The molecule has 40 heavy (non-hydrogen) atoms. The number of benzene rings is 2. The van der Waals surface area contributed by atoms with Gasteiger partial charge in [-0.15, -0.1) is 0 Å². The number of hydrogen-bond donors (Lipinski definition) is 0. The molecule has 4 nitrogen and oxygen atoms in total. The second-order valence-corrected chi connectivity index (χ2v) is 12.7. The molecule has 2 aromatic rings. The number of carbonyl (C=O) groups is 2. The fourth-order valence-corrected chi connectivity index (χ4v) is 4.91. The Morgan fingerprint density at radius 1 is 0.500 bits per heavy atom. The lowest BCUT2D eigenvalue weighted by atomic mass is 9.84. The van der Waals surface area contributed by atoms with E-state index in [4.69, 9.17) is 9.47 Å². The highest BCUT2D eigenvalue weighted by atomic mass is 16.5. The number of hydrogen-bond acceptors (Lipinski definition) is 4. The predicted molar refractivity (Wildman–Crippen MR) is 167 cm³/mol. The van der Waals surface area contributed by atoms with E-state index in [1.165, 1.54) is 11.1 Å². The van der Waals surface area contributed by atoms with Crippen LogP contribution in [0, 0.1) is 0 Å². The van der Waals surface area contributed by atoms with Crippen molar-refractivity contribution in [2.45, 2.75) is 119 Å². The van der Waals surface area contributed by atoms with E-state index in [0.717, 1.165) is 22.3 Å². The van der Waals surface area contributed by atoms with Crippen LogP contribution in [0.1, 0.15) is 173 Å². The second kappa shape index (κ2) is 14.7. The summed E-state index contributed by atoms with van der Waals surface area (Å²) in [4.78, 5) is 26.5. The van der Waals surface area contributed by atoms with Crippen LogP contribution >= 0.6 is 0 Å². The maximum absolute atomic E-state index is 13.2. The zero-order chi connectivity index (χ0) is 30.3. The summed E-state index contributed by atoms with van der Waals surface area (Å²) in [5, 5.41) is 0. The minimum atomic E-state index is -0.308. The standard InChI is InChI=1S/C36H52O4/c1-21(2)27-17-29(23(5)6)33(30(18-27)24(7)8)35(37)39-15-13-14-16-40-36(38)34-31(25(9)10)19-28(22(3)4)20-32(34)26(11)12/h13-14,17-26H,15-16H2,1-12H3/b14-13+. The minimum absolute atomic E-state index is 0.120. The lowest BCUT2D eigenvalue weighted by Gasteiger charge is -2.22. The van der Waals surface area contributed by atoms with Crippen LogP contribution in [0.2, 0.25) is 0 Å². The second-order valence-electron chi connectivity index (χ2n) is 12.7. The highest BCUT2D eigenvalue weighted by Gasteiger charge is 2.24. The van der Waals surface area contributed by atoms with Crippen LogP contribution in [0.25, 0.3) is 0 Å². The normalized spacial score (nSPS) is 12.2. The van der Waals surface area contributed by atoms with E-state index in [1.807, 2.05) is 0 Å². The maximum atomic E-state index is 13.2. The molecule has 2 aromatic carbocycles. The van der Waals surface area contributed by atoms with Crippen molar-refractivity contribution in [2.24, 2.45) is 0 Å². The van der Waals surface area contributed by atoms with Crippen molar-refractivity contribution in [2.75, 3.05) is 13.2 Å². The van der Waals surface area contributed by atoms with Gasteiger partial charge in [0.2, 0.25) is 0 Å². The molecule has 0 saturated heterocycles. The summed E-state index contributed by atoms with van der Waals surface area (Å²) >= 11 is 0. The Morgan fingerprint density at radius 2 is 0.750 bits per heavy atom. The molecule has 0 fully saturated rings. The van der Waals surface area contributed by atoms with Crippen molar-refractivity contribution >= 4 is 11.9 Å². The van der Waals surface area contributed by atoms with Gasteiger partial charge in [0, 0.05) is 0 Å². The third-order valence-electron chi connectivity index (χ3n) is 7.46. The molecular weight excluding hydrogens is 496 g/mol. The van der Waals surface area contributed by atoms with Gasteiger partial charge in [0.1, 0.15) is 13.2 Å². The first kappa shape index (κ1) is 33.3. The summed E-state index contributed by atoms with van der Waals surface area (Å²) in [5.41, 5.74) is 7.97. The number of carbonyl (C=O) groups excluding carboxylic acids is 2. The molecule has 220 valence electrons. The van der Waals surface area contributed by atoms with Crippen LogP contribution in [-0.2, 0) is 9.47 Å². The van der Waals surface area contributed by atoms with Crippen molar-refractivity contribution < 1.29 is 19.1 Å². The smallest absolute Gasteiger partial charge is 0.339 e. The third kappa shape index (κ3) is 8.32. The third-order valence-corrected chi connectivity index (χ3v) is 7.46. The number of rotatable bonds is 12. The molecule has 0 saturated carbocycles. The Bertz CT molecular complexity index is 1040. The van der Waals surface area contributed by atoms with Gasteiger partial charge in [-0.2, -0.15) is 0 Å². The Hall–Kier alpha value is -2.88. The summed E-state index contributed by atoms with van der Waals surface area (Å²) in [7, 11) is 0. The fraction of sp³-hybridized carbons (Fsp3) is 0.556. The van der Waals surface area contributed by atoms with E-state index in [2.05, 4.69) is 107 Å². The minimum Gasteiger partial charge on any atom is -0.458 e. The molecule has 0 radical (unpaired) electrons. The Kier molecular flexibility index (Phi) is 12.2. The van der Waals surface area contributed by atoms with E-state index >= 15 is 0 Å². The molecule has 0 amide bonds. The molecule has 0 bridgehead atoms. The van der Waals surface area contributed by atoms with Crippen LogP contribution in [-0.4, -0.2) is 25.2 Å². The van der Waals surface area contributed by atoms with Gasteiger partial charge in [0.25, 0.3) is 0 Å². The van der Waals surface area contributed by atoms with Gasteiger partial charge in [0.15, 0.2) is 0 Å². The van der Waals surface area contributed by atoms with E-state index < -0.39 is 0 Å². The van der Waals surface area contributed by atoms with Crippen molar-refractivity contribution in [1.82, 2.24) is 0 Å². The first-order valence-electron chi connectivity index (χ1n) is 15.0. The lowest BCUT2D eigenvalue weighted by molar-refractivity contribution is 0.0523. The molecule has 2 rings (SSSR count). The van der Waals surface area contributed by atoms with E-state index in [-0.39, 0.29) is 48.8 Å². The summed E-state index contributed by atoms with van der Waals surface area (Å²) in [6.07, 6.45) is 3.48. The number of esters is 2. The monoisotopic (exact) mass is 548 g/mol. The molecular formula is C36H52O4. The van der Waals surface area contributed by atoms with Gasteiger partial charge in [-0.05, 0) is 81.0 Å². The molecule has 0 aromatic heterocycles. The molecule has 0 spiro atoms. The van der Waals surface area contributed by atoms with E-state index in [0.29, 0.717) is 23.0 Å². The average molecular weight is 549 g/mol. The van der Waals surface area contributed by atoms with Crippen molar-refractivity contribution in [3.05, 3.63) is 80.9 Å². The van der Waals surface area contributed by atoms with Gasteiger partial charge in [-0.25, -0.2) is 9.59 Å².